The van der Waals surface area contributed by atoms with E-state index in [0.717, 1.165) is 24.3 Å². The number of amides is 2. The Morgan fingerprint density at radius 2 is 2.00 bits per heavy atom. The molecule has 0 saturated carbocycles. The third-order valence-corrected chi connectivity index (χ3v) is 3.67. The lowest BCUT2D eigenvalue weighted by Crippen LogP contribution is -2.28. The second-order valence-corrected chi connectivity index (χ2v) is 5.44. The van der Waals surface area contributed by atoms with Crippen LogP contribution >= 0.6 is 0 Å². The fourth-order valence-electron chi connectivity index (χ4n) is 2.42. The Kier molecular flexibility index (Phi) is 4.39. The van der Waals surface area contributed by atoms with E-state index in [1.165, 1.54) is 6.92 Å². The van der Waals surface area contributed by atoms with Crippen LogP contribution in [0.25, 0.3) is 0 Å². The fourth-order valence-corrected chi connectivity index (χ4v) is 2.42. The average molecular weight is 275 g/mol. The molecular formula is C15H21N3O2. The number of rotatable bonds is 3. The van der Waals surface area contributed by atoms with Gasteiger partial charge in [0.25, 0.3) is 0 Å². The van der Waals surface area contributed by atoms with Crippen molar-refractivity contribution in [3.63, 3.8) is 0 Å². The zero-order chi connectivity index (χ0) is 14.7. The minimum Gasteiger partial charge on any atom is -0.326 e. The van der Waals surface area contributed by atoms with Crippen LogP contribution < -0.4 is 16.0 Å². The van der Waals surface area contributed by atoms with Crippen molar-refractivity contribution in [2.45, 2.75) is 20.8 Å². The summed E-state index contributed by atoms with van der Waals surface area (Å²) in [6, 6.07) is 5.50. The van der Waals surface area contributed by atoms with Crippen molar-refractivity contribution in [1.29, 1.82) is 0 Å². The summed E-state index contributed by atoms with van der Waals surface area (Å²) in [5.74, 6) is 0.248. The maximum Gasteiger partial charge on any atom is 0.229 e. The van der Waals surface area contributed by atoms with Gasteiger partial charge in [0, 0.05) is 24.8 Å². The lowest BCUT2D eigenvalue weighted by atomic mass is 9.97. The molecule has 1 aromatic rings. The summed E-state index contributed by atoms with van der Waals surface area (Å²) < 4.78 is 0. The molecule has 5 nitrogen and oxygen atoms in total. The van der Waals surface area contributed by atoms with Crippen LogP contribution in [-0.4, -0.2) is 24.9 Å². The fraction of sp³-hybridized carbons (Fsp3) is 0.467. The number of hydrogen-bond donors (Lipinski definition) is 3. The number of aryl methyl sites for hydroxylation is 1. The van der Waals surface area contributed by atoms with Crippen LogP contribution in [0.4, 0.5) is 11.4 Å². The third-order valence-electron chi connectivity index (χ3n) is 3.67. The smallest absolute Gasteiger partial charge is 0.229 e. The van der Waals surface area contributed by atoms with E-state index >= 15 is 0 Å². The highest BCUT2D eigenvalue weighted by Gasteiger charge is 2.29. The van der Waals surface area contributed by atoms with E-state index in [0.29, 0.717) is 11.6 Å². The monoisotopic (exact) mass is 275 g/mol. The average Bonchev–Trinajstić information content (AvgIpc) is 2.79. The number of benzene rings is 1. The Morgan fingerprint density at radius 3 is 2.60 bits per heavy atom. The van der Waals surface area contributed by atoms with E-state index in [1.54, 1.807) is 6.07 Å². The highest BCUT2D eigenvalue weighted by molar-refractivity contribution is 5.95. The predicted octanol–water partition coefficient (Wildman–Crippen LogP) is 1.75. The van der Waals surface area contributed by atoms with Crippen molar-refractivity contribution in [2.24, 2.45) is 11.8 Å². The molecule has 2 atom stereocenters. The van der Waals surface area contributed by atoms with Crippen LogP contribution in [-0.2, 0) is 9.59 Å². The van der Waals surface area contributed by atoms with Gasteiger partial charge in [-0.1, -0.05) is 13.0 Å². The summed E-state index contributed by atoms with van der Waals surface area (Å²) in [7, 11) is 0. The van der Waals surface area contributed by atoms with Crippen LogP contribution in [0.2, 0.25) is 0 Å². The lowest BCUT2D eigenvalue weighted by Gasteiger charge is -2.16. The van der Waals surface area contributed by atoms with Gasteiger partial charge in [-0.2, -0.15) is 0 Å². The molecule has 5 heteroatoms. The van der Waals surface area contributed by atoms with E-state index in [9.17, 15) is 9.59 Å². The number of hydrogen-bond acceptors (Lipinski definition) is 3. The first kappa shape index (κ1) is 14.5. The Bertz CT molecular complexity index is 528. The van der Waals surface area contributed by atoms with Gasteiger partial charge in [-0.15, -0.1) is 0 Å². The Hall–Kier alpha value is -1.88. The first-order valence-corrected chi connectivity index (χ1v) is 6.87. The largest absolute Gasteiger partial charge is 0.326 e. The Labute approximate surface area is 119 Å². The topological polar surface area (TPSA) is 70.2 Å². The molecular weight excluding hydrogens is 254 g/mol. The predicted molar refractivity (Wildman–Crippen MR) is 79.6 cm³/mol. The van der Waals surface area contributed by atoms with Gasteiger partial charge in [-0.05, 0) is 37.1 Å². The molecule has 0 spiro atoms. The zero-order valence-corrected chi connectivity index (χ0v) is 12.1. The second kappa shape index (κ2) is 6.05. The van der Waals surface area contributed by atoms with Gasteiger partial charge in [-0.3, -0.25) is 9.59 Å². The van der Waals surface area contributed by atoms with Crippen molar-refractivity contribution in [1.82, 2.24) is 5.32 Å². The normalized spacial score (nSPS) is 21.6. The van der Waals surface area contributed by atoms with Crippen molar-refractivity contribution >= 4 is 23.2 Å². The van der Waals surface area contributed by atoms with Crippen LogP contribution in [0, 0.1) is 18.8 Å². The van der Waals surface area contributed by atoms with Crippen molar-refractivity contribution in [2.75, 3.05) is 23.7 Å². The summed E-state index contributed by atoms with van der Waals surface area (Å²) >= 11 is 0. The summed E-state index contributed by atoms with van der Waals surface area (Å²) in [5.41, 5.74) is 2.42. The molecule has 1 aromatic carbocycles. The Morgan fingerprint density at radius 1 is 1.25 bits per heavy atom. The number of carbonyl (C=O) groups excluding carboxylic acids is 2. The van der Waals surface area contributed by atoms with E-state index in [2.05, 4.69) is 22.9 Å². The first-order valence-electron chi connectivity index (χ1n) is 6.87. The first-order chi connectivity index (χ1) is 9.47. The molecule has 0 bridgehead atoms. The molecule has 1 heterocycles. The van der Waals surface area contributed by atoms with Crippen LogP contribution in [0.3, 0.4) is 0 Å². The molecule has 108 valence electrons. The molecule has 2 rings (SSSR count). The molecule has 1 aliphatic heterocycles. The maximum atomic E-state index is 12.3. The maximum absolute atomic E-state index is 12.3. The van der Waals surface area contributed by atoms with Crippen molar-refractivity contribution in [3.8, 4) is 0 Å². The summed E-state index contributed by atoms with van der Waals surface area (Å²) in [6.07, 6.45) is 0. The van der Waals surface area contributed by atoms with Gasteiger partial charge < -0.3 is 16.0 Å². The zero-order valence-electron chi connectivity index (χ0n) is 12.1. The lowest BCUT2D eigenvalue weighted by molar-refractivity contribution is -0.120. The Balaban J connectivity index is 2.11. The van der Waals surface area contributed by atoms with Gasteiger partial charge in [0.15, 0.2) is 0 Å². The molecule has 0 radical (unpaired) electrons. The standard InChI is InChI=1S/C15H21N3O2/c1-9-4-5-12(17-11(3)19)6-14(9)18-15(20)13-8-16-7-10(13)2/h4-6,10,13,16H,7-8H2,1-3H3,(H,17,19)(H,18,20)/t10-,13-/m1/s1. The highest BCUT2D eigenvalue weighted by Crippen LogP contribution is 2.23. The molecule has 1 fully saturated rings. The molecule has 1 saturated heterocycles. The highest BCUT2D eigenvalue weighted by atomic mass is 16.2. The van der Waals surface area contributed by atoms with E-state index < -0.39 is 0 Å². The van der Waals surface area contributed by atoms with Gasteiger partial charge >= 0.3 is 0 Å². The molecule has 1 aliphatic rings. The van der Waals surface area contributed by atoms with Crippen LogP contribution in [0.1, 0.15) is 19.4 Å². The van der Waals surface area contributed by atoms with Gasteiger partial charge in [-0.25, -0.2) is 0 Å². The summed E-state index contributed by atoms with van der Waals surface area (Å²) in [6.45, 7) is 7.07. The molecule has 3 N–H and O–H groups in total. The second-order valence-electron chi connectivity index (χ2n) is 5.44. The third kappa shape index (κ3) is 3.36. The van der Waals surface area contributed by atoms with E-state index in [1.807, 2.05) is 19.1 Å². The van der Waals surface area contributed by atoms with E-state index in [-0.39, 0.29) is 17.7 Å². The van der Waals surface area contributed by atoms with Crippen LogP contribution in [0.5, 0.6) is 0 Å². The van der Waals surface area contributed by atoms with E-state index in [4.69, 9.17) is 0 Å². The minimum absolute atomic E-state index is 0.00109. The minimum atomic E-state index is -0.125. The summed E-state index contributed by atoms with van der Waals surface area (Å²) in [5, 5.41) is 8.91. The SMILES string of the molecule is CC(=O)Nc1ccc(C)c(NC(=O)[C@@H]2CNC[C@H]2C)c1. The molecule has 0 aromatic heterocycles. The van der Waals surface area contributed by atoms with Gasteiger partial charge in [0.05, 0.1) is 5.92 Å². The quantitative estimate of drug-likeness (QED) is 0.787. The molecule has 2 amide bonds. The molecule has 0 unspecified atom stereocenters. The van der Waals surface area contributed by atoms with Gasteiger partial charge in [0.2, 0.25) is 11.8 Å². The van der Waals surface area contributed by atoms with Crippen LogP contribution in [0.15, 0.2) is 18.2 Å². The molecule has 20 heavy (non-hydrogen) atoms. The van der Waals surface area contributed by atoms with Crippen molar-refractivity contribution in [3.05, 3.63) is 23.8 Å². The number of carbonyl (C=O) groups is 2. The number of nitrogens with one attached hydrogen (secondary N) is 3. The molecule has 0 aliphatic carbocycles. The van der Waals surface area contributed by atoms with Crippen molar-refractivity contribution < 1.29 is 9.59 Å². The number of anilines is 2. The summed E-state index contributed by atoms with van der Waals surface area (Å²) in [4.78, 5) is 23.3. The van der Waals surface area contributed by atoms with Gasteiger partial charge in [0.1, 0.15) is 0 Å².